The topological polar surface area (TPSA) is 104 Å². The summed E-state index contributed by atoms with van der Waals surface area (Å²) in [6, 6.07) is 0. The SMILES string of the molecule is C=C(C)COCCNC(=O)CCc1c(C)[nH]c(=O)[nH]c1=O. The minimum Gasteiger partial charge on any atom is -0.375 e. The second-order valence-electron chi connectivity index (χ2n) is 4.87. The molecule has 7 nitrogen and oxygen atoms in total. The number of ether oxygens (including phenoxy) is 1. The molecule has 1 amide bonds. The van der Waals surface area contributed by atoms with Gasteiger partial charge in [-0.2, -0.15) is 0 Å². The number of H-pyrrole nitrogens is 2. The lowest BCUT2D eigenvalue weighted by Gasteiger charge is -2.07. The highest BCUT2D eigenvalue weighted by Gasteiger charge is 2.08. The van der Waals surface area contributed by atoms with Crippen LogP contribution in [0.1, 0.15) is 24.6 Å². The molecule has 0 saturated carbocycles. The molecule has 7 heteroatoms. The molecule has 1 aromatic rings. The number of aromatic nitrogens is 2. The van der Waals surface area contributed by atoms with Gasteiger partial charge in [-0.1, -0.05) is 12.2 Å². The Morgan fingerprint density at radius 1 is 1.33 bits per heavy atom. The maximum absolute atomic E-state index is 11.6. The monoisotopic (exact) mass is 295 g/mol. The van der Waals surface area contributed by atoms with E-state index in [9.17, 15) is 14.4 Å². The summed E-state index contributed by atoms with van der Waals surface area (Å²) in [6.45, 7) is 8.50. The summed E-state index contributed by atoms with van der Waals surface area (Å²) in [4.78, 5) is 38.9. The number of aromatic amines is 2. The maximum Gasteiger partial charge on any atom is 0.325 e. The van der Waals surface area contributed by atoms with E-state index in [4.69, 9.17) is 4.74 Å². The quantitative estimate of drug-likeness (QED) is 0.464. The van der Waals surface area contributed by atoms with Gasteiger partial charge < -0.3 is 15.0 Å². The minimum absolute atomic E-state index is 0.168. The van der Waals surface area contributed by atoms with E-state index in [2.05, 4.69) is 21.9 Å². The number of aryl methyl sites for hydroxylation is 1. The first-order chi connectivity index (χ1) is 9.90. The average molecular weight is 295 g/mol. The van der Waals surface area contributed by atoms with E-state index in [1.165, 1.54) is 0 Å². The van der Waals surface area contributed by atoms with Crippen molar-refractivity contribution in [1.82, 2.24) is 15.3 Å². The van der Waals surface area contributed by atoms with Crippen molar-refractivity contribution in [2.24, 2.45) is 0 Å². The van der Waals surface area contributed by atoms with Crippen LogP contribution in [0.15, 0.2) is 21.7 Å². The predicted molar refractivity (Wildman–Crippen MR) is 79.4 cm³/mol. The Morgan fingerprint density at radius 2 is 2.05 bits per heavy atom. The van der Waals surface area contributed by atoms with Gasteiger partial charge in [0, 0.05) is 24.2 Å². The number of nitrogens with one attached hydrogen (secondary N) is 3. The van der Waals surface area contributed by atoms with E-state index in [0.717, 1.165) is 5.57 Å². The Kier molecular flexibility index (Phi) is 6.61. The van der Waals surface area contributed by atoms with Gasteiger partial charge in [0.2, 0.25) is 5.91 Å². The normalized spacial score (nSPS) is 10.4. The molecule has 0 aliphatic carbocycles. The summed E-state index contributed by atoms with van der Waals surface area (Å²) in [6.07, 6.45) is 0.451. The number of rotatable bonds is 8. The number of carbonyl (C=O) groups is 1. The van der Waals surface area contributed by atoms with Gasteiger partial charge in [-0.25, -0.2) is 4.79 Å². The molecule has 0 aliphatic rings. The molecule has 0 fully saturated rings. The molecule has 0 aliphatic heterocycles. The lowest BCUT2D eigenvalue weighted by molar-refractivity contribution is -0.121. The van der Waals surface area contributed by atoms with Gasteiger partial charge in [0.15, 0.2) is 0 Å². The molecule has 0 spiro atoms. The second kappa shape index (κ2) is 8.21. The van der Waals surface area contributed by atoms with Crippen molar-refractivity contribution in [3.63, 3.8) is 0 Å². The molecule has 0 radical (unpaired) electrons. The molecule has 0 atom stereocenters. The van der Waals surface area contributed by atoms with Gasteiger partial charge in [-0.3, -0.25) is 14.6 Å². The van der Waals surface area contributed by atoms with Crippen LogP contribution in [-0.4, -0.2) is 35.6 Å². The van der Waals surface area contributed by atoms with Crippen molar-refractivity contribution >= 4 is 5.91 Å². The van der Waals surface area contributed by atoms with Gasteiger partial charge in [-0.15, -0.1) is 0 Å². The molecule has 0 saturated heterocycles. The molecule has 21 heavy (non-hydrogen) atoms. The van der Waals surface area contributed by atoms with E-state index >= 15 is 0 Å². The van der Waals surface area contributed by atoms with Crippen molar-refractivity contribution in [3.05, 3.63) is 44.2 Å². The van der Waals surface area contributed by atoms with Gasteiger partial charge in [0.1, 0.15) is 0 Å². The van der Waals surface area contributed by atoms with Gasteiger partial charge >= 0.3 is 5.69 Å². The Bertz CT molecular complexity index is 615. The van der Waals surface area contributed by atoms with Crippen LogP contribution in [0.25, 0.3) is 0 Å². The first-order valence-corrected chi connectivity index (χ1v) is 6.71. The van der Waals surface area contributed by atoms with E-state index in [1.807, 2.05) is 6.92 Å². The fourth-order valence-electron chi connectivity index (χ4n) is 1.76. The fourth-order valence-corrected chi connectivity index (χ4v) is 1.76. The highest BCUT2D eigenvalue weighted by Crippen LogP contribution is 1.99. The standard InChI is InChI=1S/C14H21N3O4/c1-9(2)8-21-7-6-15-12(18)5-4-11-10(3)16-14(20)17-13(11)19/h1,4-8H2,2-3H3,(H,15,18)(H2,16,17,19,20). The largest absolute Gasteiger partial charge is 0.375 e. The second-order valence-corrected chi connectivity index (χ2v) is 4.87. The van der Waals surface area contributed by atoms with Crippen LogP contribution in [0.3, 0.4) is 0 Å². The smallest absolute Gasteiger partial charge is 0.325 e. The zero-order valence-electron chi connectivity index (χ0n) is 12.4. The molecule has 1 heterocycles. The maximum atomic E-state index is 11.6. The minimum atomic E-state index is -0.541. The Morgan fingerprint density at radius 3 is 2.67 bits per heavy atom. The van der Waals surface area contributed by atoms with E-state index in [1.54, 1.807) is 6.92 Å². The third-order valence-electron chi connectivity index (χ3n) is 2.77. The number of carbonyl (C=O) groups excluding carboxylic acids is 1. The van der Waals surface area contributed by atoms with Crippen molar-refractivity contribution in [1.29, 1.82) is 0 Å². The third kappa shape index (κ3) is 6.22. The van der Waals surface area contributed by atoms with Crippen LogP contribution in [0.4, 0.5) is 0 Å². The molecule has 0 bridgehead atoms. The van der Waals surface area contributed by atoms with Crippen molar-refractivity contribution in [2.45, 2.75) is 26.7 Å². The Balaban J connectivity index is 2.35. The molecular formula is C14H21N3O4. The molecular weight excluding hydrogens is 274 g/mol. The molecule has 0 unspecified atom stereocenters. The molecule has 1 aromatic heterocycles. The summed E-state index contributed by atoms with van der Waals surface area (Å²) < 4.78 is 5.25. The first kappa shape index (κ1) is 16.9. The first-order valence-electron chi connectivity index (χ1n) is 6.71. The van der Waals surface area contributed by atoms with Gasteiger partial charge in [0.05, 0.1) is 13.2 Å². The predicted octanol–water partition coefficient (Wildman–Crippen LogP) is 0.0131. The van der Waals surface area contributed by atoms with Gasteiger partial charge in [0.25, 0.3) is 5.56 Å². The van der Waals surface area contributed by atoms with Gasteiger partial charge in [-0.05, 0) is 20.3 Å². The van der Waals surface area contributed by atoms with Crippen molar-refractivity contribution in [2.75, 3.05) is 19.8 Å². The van der Waals surface area contributed by atoms with Crippen LogP contribution in [0, 0.1) is 6.92 Å². The lowest BCUT2D eigenvalue weighted by Crippen LogP contribution is -2.30. The average Bonchev–Trinajstić information content (AvgIpc) is 2.36. The molecule has 0 aromatic carbocycles. The highest BCUT2D eigenvalue weighted by atomic mass is 16.5. The number of hydrogen-bond acceptors (Lipinski definition) is 4. The number of hydrogen-bond donors (Lipinski definition) is 3. The van der Waals surface area contributed by atoms with Crippen LogP contribution < -0.4 is 16.6 Å². The molecule has 116 valence electrons. The van der Waals surface area contributed by atoms with Crippen LogP contribution in [-0.2, 0) is 16.0 Å². The van der Waals surface area contributed by atoms with Crippen molar-refractivity contribution < 1.29 is 9.53 Å². The zero-order chi connectivity index (χ0) is 15.8. The van der Waals surface area contributed by atoms with E-state index < -0.39 is 11.2 Å². The summed E-state index contributed by atoms with van der Waals surface area (Å²) in [5.41, 5.74) is 0.841. The number of amides is 1. The third-order valence-corrected chi connectivity index (χ3v) is 2.77. The van der Waals surface area contributed by atoms with Crippen LogP contribution in [0.2, 0.25) is 0 Å². The lowest BCUT2D eigenvalue weighted by atomic mass is 10.1. The highest BCUT2D eigenvalue weighted by molar-refractivity contribution is 5.76. The summed E-state index contributed by atoms with van der Waals surface area (Å²) in [5, 5.41) is 2.70. The fraction of sp³-hybridized carbons (Fsp3) is 0.500. The summed E-state index contributed by atoms with van der Waals surface area (Å²) in [7, 11) is 0. The zero-order valence-corrected chi connectivity index (χ0v) is 12.4. The summed E-state index contributed by atoms with van der Waals surface area (Å²) in [5.74, 6) is -0.168. The molecule has 3 N–H and O–H groups in total. The Labute approximate surface area is 122 Å². The van der Waals surface area contributed by atoms with Crippen LogP contribution in [0.5, 0.6) is 0 Å². The van der Waals surface area contributed by atoms with Crippen molar-refractivity contribution in [3.8, 4) is 0 Å². The van der Waals surface area contributed by atoms with E-state index in [0.29, 0.717) is 31.0 Å². The van der Waals surface area contributed by atoms with E-state index in [-0.39, 0.29) is 18.7 Å². The molecule has 1 rings (SSSR count). The van der Waals surface area contributed by atoms with Crippen LogP contribution >= 0.6 is 0 Å². The Hall–Kier alpha value is -2.15. The summed E-state index contributed by atoms with van der Waals surface area (Å²) >= 11 is 0.